The van der Waals surface area contributed by atoms with Crippen molar-refractivity contribution in [2.24, 2.45) is 0 Å². The Bertz CT molecular complexity index is 347. The summed E-state index contributed by atoms with van der Waals surface area (Å²) in [4.78, 5) is 1.98. The van der Waals surface area contributed by atoms with Crippen molar-refractivity contribution in [2.45, 2.75) is 39.2 Å². The predicted molar refractivity (Wildman–Crippen MR) is 71.7 cm³/mol. The molecular weight excluding hydrogens is 216 g/mol. The third kappa shape index (κ3) is 3.28. The zero-order valence-corrected chi connectivity index (χ0v) is 11.4. The Kier molecular flexibility index (Phi) is 5.12. The van der Waals surface area contributed by atoms with Crippen LogP contribution in [0.5, 0.6) is 5.88 Å². The van der Waals surface area contributed by atoms with Gasteiger partial charge in [-0.3, -0.25) is 0 Å². The van der Waals surface area contributed by atoms with E-state index >= 15 is 0 Å². The van der Waals surface area contributed by atoms with Crippen LogP contribution in [-0.2, 0) is 6.54 Å². The van der Waals surface area contributed by atoms with Gasteiger partial charge >= 0.3 is 0 Å². The molecule has 98 valence electrons. The fraction of sp³-hybridized carbons (Fsp3) is 0.750. The molecule has 0 fully saturated rings. The predicted octanol–water partition coefficient (Wildman–Crippen LogP) is 2.12. The van der Waals surface area contributed by atoms with Crippen molar-refractivity contribution in [1.82, 2.24) is 9.78 Å². The van der Waals surface area contributed by atoms with Gasteiger partial charge in [0.25, 0.3) is 5.88 Å². The van der Waals surface area contributed by atoms with Crippen molar-refractivity contribution in [3.63, 3.8) is 0 Å². The Morgan fingerprint density at radius 3 is 2.53 bits per heavy atom. The maximum atomic E-state index is 6.00. The second-order valence-electron chi connectivity index (χ2n) is 4.42. The van der Waals surface area contributed by atoms with E-state index in [0.29, 0.717) is 11.6 Å². The summed E-state index contributed by atoms with van der Waals surface area (Å²) in [6.45, 7) is 3.10. The van der Waals surface area contributed by atoms with E-state index in [0.717, 1.165) is 18.8 Å². The zero-order chi connectivity index (χ0) is 12.8. The Morgan fingerprint density at radius 2 is 2.00 bits per heavy atom. The number of aromatic nitrogens is 2. The molecule has 0 spiro atoms. The van der Waals surface area contributed by atoms with Gasteiger partial charge in [0.2, 0.25) is 0 Å². The summed E-state index contributed by atoms with van der Waals surface area (Å²) in [6.07, 6.45) is 4.86. The molecule has 1 aromatic rings. The normalized spacial score (nSPS) is 10.6. The lowest BCUT2D eigenvalue weighted by atomic mass is 10.2. The first-order valence-electron chi connectivity index (χ1n) is 6.19. The van der Waals surface area contributed by atoms with Crippen LogP contribution in [-0.4, -0.2) is 31.0 Å². The van der Waals surface area contributed by atoms with Crippen LogP contribution in [0.15, 0.2) is 0 Å². The number of methoxy groups -OCH3 is 1. The molecule has 0 saturated heterocycles. The van der Waals surface area contributed by atoms with E-state index in [1.165, 1.54) is 19.3 Å². The number of ether oxygens (including phenoxy) is 1. The number of unbranched alkanes of at least 4 members (excludes halogenated alkanes) is 3. The summed E-state index contributed by atoms with van der Waals surface area (Å²) < 4.78 is 7.09. The smallest absolute Gasteiger partial charge is 0.258 e. The molecule has 0 aliphatic heterocycles. The van der Waals surface area contributed by atoms with Gasteiger partial charge in [-0.15, -0.1) is 5.10 Å². The van der Waals surface area contributed by atoms with Gasteiger partial charge in [-0.1, -0.05) is 26.2 Å². The van der Waals surface area contributed by atoms with Crippen LogP contribution < -0.4 is 15.4 Å². The van der Waals surface area contributed by atoms with Crippen LogP contribution in [0.2, 0.25) is 0 Å². The average Bonchev–Trinajstić information content (AvgIpc) is 2.61. The molecule has 5 nitrogen and oxygen atoms in total. The molecule has 0 unspecified atom stereocenters. The molecule has 0 saturated carbocycles. The highest BCUT2D eigenvalue weighted by Crippen LogP contribution is 2.30. The molecule has 1 aromatic heterocycles. The lowest BCUT2D eigenvalue weighted by Crippen LogP contribution is -2.16. The maximum absolute atomic E-state index is 6.00. The van der Waals surface area contributed by atoms with Crippen molar-refractivity contribution in [3.8, 4) is 5.88 Å². The minimum absolute atomic E-state index is 0.518. The van der Waals surface area contributed by atoms with Crippen LogP contribution in [0.4, 0.5) is 11.5 Å². The molecule has 0 radical (unpaired) electrons. The second-order valence-corrected chi connectivity index (χ2v) is 4.42. The second kappa shape index (κ2) is 6.37. The van der Waals surface area contributed by atoms with Crippen LogP contribution in [0.25, 0.3) is 0 Å². The highest BCUT2D eigenvalue weighted by atomic mass is 16.5. The topological polar surface area (TPSA) is 56.3 Å². The van der Waals surface area contributed by atoms with E-state index < -0.39 is 0 Å². The summed E-state index contributed by atoms with van der Waals surface area (Å²) in [7, 11) is 5.53. The van der Waals surface area contributed by atoms with E-state index in [1.807, 2.05) is 23.7 Å². The fourth-order valence-electron chi connectivity index (χ4n) is 1.91. The molecule has 5 heteroatoms. The van der Waals surface area contributed by atoms with Crippen LogP contribution in [0.3, 0.4) is 0 Å². The Hall–Kier alpha value is -1.39. The van der Waals surface area contributed by atoms with Crippen LogP contribution in [0.1, 0.15) is 32.6 Å². The third-order valence-corrected chi connectivity index (χ3v) is 2.77. The molecule has 17 heavy (non-hydrogen) atoms. The van der Waals surface area contributed by atoms with E-state index in [-0.39, 0.29) is 0 Å². The van der Waals surface area contributed by atoms with E-state index in [1.54, 1.807) is 7.11 Å². The molecule has 1 rings (SSSR count). The average molecular weight is 240 g/mol. The SMILES string of the molecule is CCCCCCn1nc(OC)c(N)c1N(C)C. The zero-order valence-electron chi connectivity index (χ0n) is 11.4. The van der Waals surface area contributed by atoms with Crippen LogP contribution >= 0.6 is 0 Å². The van der Waals surface area contributed by atoms with Gasteiger partial charge < -0.3 is 15.4 Å². The monoisotopic (exact) mass is 240 g/mol. The first-order valence-corrected chi connectivity index (χ1v) is 6.19. The summed E-state index contributed by atoms with van der Waals surface area (Å²) in [5.41, 5.74) is 6.61. The summed E-state index contributed by atoms with van der Waals surface area (Å²) >= 11 is 0. The van der Waals surface area contributed by atoms with Gasteiger partial charge in [-0.2, -0.15) is 0 Å². The molecule has 0 bridgehead atoms. The van der Waals surface area contributed by atoms with Crippen molar-refractivity contribution < 1.29 is 4.74 Å². The Morgan fingerprint density at radius 1 is 1.29 bits per heavy atom. The number of hydrogen-bond acceptors (Lipinski definition) is 4. The fourth-order valence-corrected chi connectivity index (χ4v) is 1.91. The summed E-state index contributed by atoms with van der Waals surface area (Å²) in [5.74, 6) is 1.45. The van der Waals surface area contributed by atoms with Crippen molar-refractivity contribution >= 4 is 11.5 Å². The van der Waals surface area contributed by atoms with Gasteiger partial charge in [0.15, 0.2) is 5.82 Å². The van der Waals surface area contributed by atoms with Crippen molar-refractivity contribution in [2.75, 3.05) is 31.8 Å². The first kappa shape index (κ1) is 13.7. The Balaban J connectivity index is 2.75. The molecule has 0 aromatic carbocycles. The highest BCUT2D eigenvalue weighted by Gasteiger charge is 2.16. The van der Waals surface area contributed by atoms with Gasteiger partial charge in [-0.05, 0) is 6.42 Å². The van der Waals surface area contributed by atoms with Crippen molar-refractivity contribution in [1.29, 1.82) is 0 Å². The molecule has 0 atom stereocenters. The van der Waals surface area contributed by atoms with Gasteiger partial charge in [-0.25, -0.2) is 4.68 Å². The number of aryl methyl sites for hydroxylation is 1. The molecule has 0 aliphatic carbocycles. The van der Waals surface area contributed by atoms with E-state index in [9.17, 15) is 0 Å². The van der Waals surface area contributed by atoms with Gasteiger partial charge in [0.1, 0.15) is 5.69 Å². The Labute approximate surface area is 104 Å². The van der Waals surface area contributed by atoms with Crippen molar-refractivity contribution in [3.05, 3.63) is 0 Å². The van der Waals surface area contributed by atoms with Gasteiger partial charge in [0.05, 0.1) is 7.11 Å². The summed E-state index contributed by atoms with van der Waals surface area (Å²) in [6, 6.07) is 0. The number of anilines is 2. The quantitative estimate of drug-likeness (QED) is 0.742. The lowest BCUT2D eigenvalue weighted by molar-refractivity contribution is 0.388. The summed E-state index contributed by atoms with van der Waals surface area (Å²) in [5, 5.41) is 4.37. The molecular formula is C12H24N4O. The van der Waals surface area contributed by atoms with E-state index in [4.69, 9.17) is 10.5 Å². The molecule has 2 N–H and O–H groups in total. The largest absolute Gasteiger partial charge is 0.478 e. The number of hydrogen-bond donors (Lipinski definition) is 1. The highest BCUT2D eigenvalue weighted by molar-refractivity contribution is 5.68. The number of rotatable bonds is 7. The molecule has 0 amide bonds. The lowest BCUT2D eigenvalue weighted by Gasteiger charge is -2.15. The van der Waals surface area contributed by atoms with E-state index in [2.05, 4.69) is 12.0 Å². The molecule has 0 aliphatic rings. The number of nitrogens with zero attached hydrogens (tertiary/aromatic N) is 3. The third-order valence-electron chi connectivity index (χ3n) is 2.77. The maximum Gasteiger partial charge on any atom is 0.258 e. The van der Waals surface area contributed by atoms with Crippen LogP contribution in [0, 0.1) is 0 Å². The first-order chi connectivity index (χ1) is 8.11. The minimum atomic E-state index is 0.518. The number of nitrogens with two attached hydrogens (primary N) is 1. The van der Waals surface area contributed by atoms with Gasteiger partial charge in [0, 0.05) is 20.6 Å². The minimum Gasteiger partial charge on any atom is -0.478 e. The standard InChI is InChI=1S/C12H24N4O/c1-5-6-7-8-9-16-12(15(2)3)10(13)11(14-16)17-4/h5-9,13H2,1-4H3. The number of nitrogen functional groups attached to an aromatic ring is 1. The molecule has 1 heterocycles.